The van der Waals surface area contributed by atoms with E-state index in [9.17, 15) is 0 Å². The lowest BCUT2D eigenvalue weighted by Crippen LogP contribution is -1.82. The van der Waals surface area contributed by atoms with Crippen LogP contribution in [0.2, 0.25) is 0 Å². The Bertz CT molecular complexity index is 946. The van der Waals surface area contributed by atoms with Crippen LogP contribution in [0.15, 0.2) is 73.3 Å². The summed E-state index contributed by atoms with van der Waals surface area (Å²) in [5.74, 6) is 0. The Labute approximate surface area is 123 Å². The predicted octanol–water partition coefficient (Wildman–Crippen LogP) is 5.63. The number of H-pyrrole nitrogens is 1. The van der Waals surface area contributed by atoms with Gasteiger partial charge in [0.25, 0.3) is 0 Å². The van der Waals surface area contributed by atoms with Crippen molar-refractivity contribution in [1.29, 1.82) is 0 Å². The van der Waals surface area contributed by atoms with Gasteiger partial charge in [-0.15, -0.1) is 0 Å². The molecule has 1 nitrogen and oxygen atoms in total. The zero-order valence-electron chi connectivity index (χ0n) is 11.6. The van der Waals surface area contributed by atoms with Gasteiger partial charge in [-0.1, -0.05) is 61.2 Å². The number of hydrogen-bond donors (Lipinski definition) is 1. The van der Waals surface area contributed by atoms with Gasteiger partial charge in [-0.25, -0.2) is 0 Å². The van der Waals surface area contributed by atoms with Crippen molar-refractivity contribution in [2.45, 2.75) is 0 Å². The van der Waals surface area contributed by atoms with E-state index in [4.69, 9.17) is 0 Å². The number of aromatic amines is 1. The Hall–Kier alpha value is -2.80. The molecule has 0 amide bonds. The average Bonchev–Trinajstić information content (AvgIpc) is 2.93. The molecule has 100 valence electrons. The van der Waals surface area contributed by atoms with Gasteiger partial charge in [-0.05, 0) is 34.9 Å². The standard InChI is InChI=1S/C20H15N/c1-2-14-12-16(15-8-4-3-5-9-15)13-18-17-10-6-7-11-19(17)21-20(14)18/h2-13,21H,1H2. The van der Waals surface area contributed by atoms with E-state index in [0.717, 1.165) is 11.1 Å². The fourth-order valence-corrected chi connectivity index (χ4v) is 2.94. The lowest BCUT2D eigenvalue weighted by molar-refractivity contribution is 1.53. The van der Waals surface area contributed by atoms with E-state index in [1.807, 2.05) is 12.1 Å². The summed E-state index contributed by atoms with van der Waals surface area (Å²) in [5.41, 5.74) is 5.92. The van der Waals surface area contributed by atoms with Gasteiger partial charge >= 0.3 is 0 Å². The normalized spacial score (nSPS) is 11.0. The maximum absolute atomic E-state index is 3.97. The molecule has 4 rings (SSSR count). The minimum atomic E-state index is 1.14. The van der Waals surface area contributed by atoms with E-state index in [0.29, 0.717) is 0 Å². The van der Waals surface area contributed by atoms with Crippen molar-refractivity contribution in [2.24, 2.45) is 0 Å². The van der Waals surface area contributed by atoms with E-state index in [2.05, 4.69) is 72.2 Å². The maximum Gasteiger partial charge on any atom is 0.0538 e. The molecule has 0 atom stereocenters. The summed E-state index contributed by atoms with van der Waals surface area (Å²) in [7, 11) is 0. The quantitative estimate of drug-likeness (QED) is 0.485. The zero-order valence-corrected chi connectivity index (χ0v) is 11.6. The van der Waals surface area contributed by atoms with Gasteiger partial charge < -0.3 is 4.98 Å². The Morgan fingerprint density at radius 3 is 2.33 bits per heavy atom. The summed E-state index contributed by atoms with van der Waals surface area (Å²) >= 11 is 0. The van der Waals surface area contributed by atoms with Crippen LogP contribution in [0.25, 0.3) is 39.0 Å². The van der Waals surface area contributed by atoms with Crippen LogP contribution in [0, 0.1) is 0 Å². The van der Waals surface area contributed by atoms with E-state index < -0.39 is 0 Å². The summed E-state index contributed by atoms with van der Waals surface area (Å²) in [5, 5.41) is 2.51. The van der Waals surface area contributed by atoms with Gasteiger partial charge in [0.15, 0.2) is 0 Å². The molecule has 0 saturated heterocycles. The van der Waals surface area contributed by atoms with Crippen molar-refractivity contribution in [3.05, 3.63) is 78.9 Å². The SMILES string of the molecule is C=Cc1cc(-c2ccccc2)cc2c1[nH]c1ccccc12. The van der Waals surface area contributed by atoms with Gasteiger partial charge in [0.2, 0.25) is 0 Å². The van der Waals surface area contributed by atoms with Crippen molar-refractivity contribution < 1.29 is 0 Å². The molecule has 4 aromatic rings. The molecule has 0 bridgehead atoms. The summed E-state index contributed by atoms with van der Waals surface area (Å²) in [6.45, 7) is 3.97. The Kier molecular flexibility index (Phi) is 2.65. The number of rotatable bonds is 2. The third-order valence-corrected chi connectivity index (χ3v) is 3.97. The molecule has 0 aliphatic rings. The number of benzene rings is 3. The largest absolute Gasteiger partial charge is 0.354 e. The van der Waals surface area contributed by atoms with Crippen LogP contribution in [0.5, 0.6) is 0 Å². The first kappa shape index (κ1) is 12.0. The van der Waals surface area contributed by atoms with E-state index in [-0.39, 0.29) is 0 Å². The summed E-state index contributed by atoms with van der Waals surface area (Å²) in [6, 6.07) is 23.3. The molecular formula is C20H15N. The molecule has 1 heterocycles. The van der Waals surface area contributed by atoms with Crippen LogP contribution in [0.3, 0.4) is 0 Å². The van der Waals surface area contributed by atoms with Crippen LogP contribution < -0.4 is 0 Å². The second kappa shape index (κ2) is 4.64. The zero-order chi connectivity index (χ0) is 14.2. The molecular weight excluding hydrogens is 254 g/mol. The van der Waals surface area contributed by atoms with Crippen LogP contribution in [0.4, 0.5) is 0 Å². The topological polar surface area (TPSA) is 15.8 Å². The van der Waals surface area contributed by atoms with Crippen molar-refractivity contribution in [1.82, 2.24) is 4.98 Å². The predicted molar refractivity (Wildman–Crippen MR) is 91.3 cm³/mol. The molecule has 0 aliphatic carbocycles. The molecule has 0 radical (unpaired) electrons. The highest BCUT2D eigenvalue weighted by Crippen LogP contribution is 2.33. The Morgan fingerprint density at radius 1 is 0.762 bits per heavy atom. The molecule has 0 spiro atoms. The number of fused-ring (bicyclic) bond motifs is 3. The molecule has 1 aromatic heterocycles. The summed E-state index contributed by atoms with van der Waals surface area (Å²) in [4.78, 5) is 3.50. The minimum Gasteiger partial charge on any atom is -0.354 e. The molecule has 1 N–H and O–H groups in total. The van der Waals surface area contributed by atoms with Gasteiger partial charge in [0.05, 0.1) is 5.52 Å². The Morgan fingerprint density at radius 2 is 1.52 bits per heavy atom. The second-order valence-corrected chi connectivity index (χ2v) is 5.23. The Balaban J connectivity index is 2.11. The van der Waals surface area contributed by atoms with Crippen molar-refractivity contribution >= 4 is 27.9 Å². The van der Waals surface area contributed by atoms with E-state index in [1.54, 1.807) is 0 Å². The van der Waals surface area contributed by atoms with Crippen LogP contribution in [-0.4, -0.2) is 4.98 Å². The summed E-state index contributed by atoms with van der Waals surface area (Å²) in [6.07, 6.45) is 1.92. The first-order valence-electron chi connectivity index (χ1n) is 7.09. The highest BCUT2D eigenvalue weighted by molar-refractivity contribution is 6.11. The molecule has 0 unspecified atom stereocenters. The van der Waals surface area contributed by atoms with Crippen molar-refractivity contribution in [3.63, 3.8) is 0 Å². The third kappa shape index (κ3) is 1.86. The van der Waals surface area contributed by atoms with Gasteiger partial charge in [0, 0.05) is 16.3 Å². The molecule has 0 saturated carbocycles. The number of aromatic nitrogens is 1. The van der Waals surface area contributed by atoms with Crippen molar-refractivity contribution in [3.8, 4) is 11.1 Å². The summed E-state index contributed by atoms with van der Waals surface area (Å²) < 4.78 is 0. The van der Waals surface area contributed by atoms with Gasteiger partial charge in [0.1, 0.15) is 0 Å². The van der Waals surface area contributed by atoms with Gasteiger partial charge in [-0.2, -0.15) is 0 Å². The molecule has 21 heavy (non-hydrogen) atoms. The third-order valence-electron chi connectivity index (χ3n) is 3.97. The smallest absolute Gasteiger partial charge is 0.0538 e. The van der Waals surface area contributed by atoms with Crippen molar-refractivity contribution in [2.75, 3.05) is 0 Å². The highest BCUT2D eigenvalue weighted by Gasteiger charge is 2.09. The lowest BCUT2D eigenvalue weighted by atomic mass is 9.99. The fourth-order valence-electron chi connectivity index (χ4n) is 2.94. The lowest BCUT2D eigenvalue weighted by Gasteiger charge is -2.05. The first-order valence-corrected chi connectivity index (χ1v) is 7.09. The molecule has 0 fully saturated rings. The first-order chi connectivity index (χ1) is 10.4. The van der Waals surface area contributed by atoms with Crippen LogP contribution in [0.1, 0.15) is 5.56 Å². The van der Waals surface area contributed by atoms with Crippen LogP contribution >= 0.6 is 0 Å². The van der Waals surface area contributed by atoms with Gasteiger partial charge in [-0.3, -0.25) is 0 Å². The number of para-hydroxylation sites is 1. The average molecular weight is 269 g/mol. The monoisotopic (exact) mass is 269 g/mol. The minimum absolute atomic E-state index is 1.14. The molecule has 3 aromatic carbocycles. The van der Waals surface area contributed by atoms with E-state index in [1.165, 1.54) is 27.4 Å². The van der Waals surface area contributed by atoms with Crippen LogP contribution in [-0.2, 0) is 0 Å². The molecule has 1 heteroatoms. The van der Waals surface area contributed by atoms with E-state index >= 15 is 0 Å². The maximum atomic E-state index is 3.97. The fraction of sp³-hybridized carbons (Fsp3) is 0. The second-order valence-electron chi connectivity index (χ2n) is 5.23. The number of nitrogens with one attached hydrogen (secondary N) is 1. The number of hydrogen-bond acceptors (Lipinski definition) is 0. The molecule has 0 aliphatic heterocycles. The highest BCUT2D eigenvalue weighted by atomic mass is 14.7.